The third kappa shape index (κ3) is 1.89. The van der Waals surface area contributed by atoms with Crippen molar-refractivity contribution in [2.45, 2.75) is 6.92 Å². The molecule has 2 N–H and O–H groups in total. The molecule has 0 aliphatic rings. The molecule has 0 atom stereocenters. The predicted molar refractivity (Wildman–Crippen MR) is 64.8 cm³/mol. The Morgan fingerprint density at radius 2 is 2.31 bits per heavy atom. The summed E-state index contributed by atoms with van der Waals surface area (Å²) in [4.78, 5) is 0.245. The van der Waals surface area contributed by atoms with Crippen molar-refractivity contribution in [2.24, 2.45) is 5.73 Å². The van der Waals surface area contributed by atoms with Gasteiger partial charge >= 0.3 is 0 Å². The summed E-state index contributed by atoms with van der Waals surface area (Å²) in [5.41, 5.74) is 6.91. The minimum absolute atomic E-state index is 0.245. The lowest BCUT2D eigenvalue weighted by molar-refractivity contribution is 0.801. The van der Waals surface area contributed by atoms with Crippen molar-refractivity contribution in [3.63, 3.8) is 0 Å². The Hall–Kier alpha value is -1.53. The SMILES string of the molecule is Cc1nn(-c2nnccc2C(N)=S)cc1Cl. The lowest BCUT2D eigenvalue weighted by atomic mass is 10.3. The average molecular weight is 254 g/mol. The summed E-state index contributed by atoms with van der Waals surface area (Å²) >= 11 is 10.8. The van der Waals surface area contributed by atoms with Gasteiger partial charge in [0.05, 0.1) is 28.7 Å². The molecule has 0 saturated heterocycles. The normalized spacial score (nSPS) is 10.4. The van der Waals surface area contributed by atoms with Crippen LogP contribution >= 0.6 is 23.8 Å². The minimum atomic E-state index is 0.245. The standard InChI is InChI=1S/C9H8ClN5S/c1-5-7(10)4-15(14-5)9-6(8(11)16)2-3-12-13-9/h2-4H,1H3,(H2,11,16). The third-order valence-corrected chi connectivity index (χ3v) is 2.61. The quantitative estimate of drug-likeness (QED) is 0.816. The number of halogens is 1. The van der Waals surface area contributed by atoms with Gasteiger partial charge in [0.2, 0.25) is 0 Å². The van der Waals surface area contributed by atoms with Crippen molar-refractivity contribution < 1.29 is 0 Å². The molecule has 0 saturated carbocycles. The lowest BCUT2D eigenvalue weighted by Crippen LogP contribution is -2.15. The van der Waals surface area contributed by atoms with E-state index < -0.39 is 0 Å². The van der Waals surface area contributed by atoms with Crippen molar-refractivity contribution >= 4 is 28.8 Å². The van der Waals surface area contributed by atoms with Crippen LogP contribution in [0.5, 0.6) is 0 Å². The summed E-state index contributed by atoms with van der Waals surface area (Å²) in [7, 11) is 0. The smallest absolute Gasteiger partial charge is 0.185 e. The fourth-order valence-corrected chi connectivity index (χ4v) is 1.52. The summed E-state index contributed by atoms with van der Waals surface area (Å²) in [5, 5.41) is 12.5. The summed E-state index contributed by atoms with van der Waals surface area (Å²) < 4.78 is 1.51. The molecule has 5 nitrogen and oxygen atoms in total. The van der Waals surface area contributed by atoms with Crippen molar-refractivity contribution in [2.75, 3.05) is 0 Å². The average Bonchev–Trinajstić information content (AvgIpc) is 2.59. The van der Waals surface area contributed by atoms with Gasteiger partial charge in [-0.3, -0.25) is 0 Å². The van der Waals surface area contributed by atoms with Gasteiger partial charge in [0.1, 0.15) is 4.99 Å². The first kappa shape index (κ1) is 11.0. The highest BCUT2D eigenvalue weighted by atomic mass is 35.5. The first-order valence-electron chi connectivity index (χ1n) is 4.43. The van der Waals surface area contributed by atoms with E-state index in [0.29, 0.717) is 22.1 Å². The second-order valence-corrected chi connectivity index (χ2v) is 3.99. The van der Waals surface area contributed by atoms with Gasteiger partial charge in [-0.05, 0) is 13.0 Å². The van der Waals surface area contributed by atoms with Crippen LogP contribution in [-0.2, 0) is 0 Å². The van der Waals surface area contributed by atoms with E-state index in [1.54, 1.807) is 19.2 Å². The van der Waals surface area contributed by atoms with Crippen molar-refractivity contribution in [3.8, 4) is 5.82 Å². The zero-order chi connectivity index (χ0) is 11.7. The molecule has 0 bridgehead atoms. The number of hydrogen-bond acceptors (Lipinski definition) is 4. The van der Waals surface area contributed by atoms with Gasteiger partial charge in [0.15, 0.2) is 5.82 Å². The molecule has 2 aromatic heterocycles. The first-order chi connectivity index (χ1) is 7.59. The van der Waals surface area contributed by atoms with Crippen LogP contribution in [0.3, 0.4) is 0 Å². The molecule has 82 valence electrons. The number of rotatable bonds is 2. The summed E-state index contributed by atoms with van der Waals surface area (Å²) in [5.74, 6) is 0.477. The number of hydrogen-bond donors (Lipinski definition) is 1. The van der Waals surface area contributed by atoms with Gasteiger partial charge in [-0.25, -0.2) is 4.68 Å². The maximum Gasteiger partial charge on any atom is 0.185 e. The van der Waals surface area contributed by atoms with Crippen molar-refractivity contribution in [3.05, 3.63) is 34.7 Å². The van der Waals surface area contributed by atoms with Crippen LogP contribution in [0, 0.1) is 6.92 Å². The molecule has 0 aromatic carbocycles. The van der Waals surface area contributed by atoms with Crippen LogP contribution in [0.1, 0.15) is 11.3 Å². The van der Waals surface area contributed by atoms with Crippen LogP contribution in [0.2, 0.25) is 5.02 Å². The minimum Gasteiger partial charge on any atom is -0.389 e. The molecule has 2 heterocycles. The Morgan fingerprint density at radius 3 is 2.88 bits per heavy atom. The van der Waals surface area contributed by atoms with E-state index in [1.807, 2.05) is 0 Å². The fraction of sp³-hybridized carbons (Fsp3) is 0.111. The second kappa shape index (κ2) is 4.15. The van der Waals surface area contributed by atoms with Gasteiger partial charge in [-0.2, -0.15) is 10.2 Å². The Labute approximate surface area is 102 Å². The summed E-state index contributed by atoms with van der Waals surface area (Å²) in [6.07, 6.45) is 3.17. The van der Waals surface area contributed by atoms with Gasteiger partial charge in [0, 0.05) is 0 Å². The van der Waals surface area contributed by atoms with Crippen molar-refractivity contribution in [1.82, 2.24) is 20.0 Å². The van der Waals surface area contributed by atoms with Gasteiger partial charge < -0.3 is 5.73 Å². The van der Waals surface area contributed by atoms with E-state index in [1.165, 1.54) is 10.9 Å². The molecule has 0 aliphatic carbocycles. The fourth-order valence-electron chi connectivity index (χ4n) is 1.23. The Balaban J connectivity index is 2.59. The monoisotopic (exact) mass is 253 g/mol. The first-order valence-corrected chi connectivity index (χ1v) is 5.22. The zero-order valence-corrected chi connectivity index (χ0v) is 9.96. The lowest BCUT2D eigenvalue weighted by Gasteiger charge is -2.04. The summed E-state index contributed by atoms with van der Waals surface area (Å²) in [6.45, 7) is 1.80. The van der Waals surface area contributed by atoms with Crippen molar-refractivity contribution in [1.29, 1.82) is 0 Å². The molecule has 2 aromatic rings. The highest BCUT2D eigenvalue weighted by Crippen LogP contribution is 2.16. The maximum atomic E-state index is 5.92. The van der Waals surface area contributed by atoms with Gasteiger partial charge in [-0.15, -0.1) is 5.10 Å². The van der Waals surface area contributed by atoms with E-state index in [9.17, 15) is 0 Å². The van der Waals surface area contributed by atoms with Crippen LogP contribution in [0.25, 0.3) is 5.82 Å². The predicted octanol–water partition coefficient (Wildman–Crippen LogP) is 1.26. The van der Waals surface area contributed by atoms with Crippen LogP contribution in [0.15, 0.2) is 18.5 Å². The number of nitrogens with two attached hydrogens (primary N) is 1. The molecular weight excluding hydrogens is 246 g/mol. The van der Waals surface area contributed by atoms with E-state index in [-0.39, 0.29) is 4.99 Å². The number of thiocarbonyl (C=S) groups is 1. The van der Waals surface area contributed by atoms with E-state index in [4.69, 9.17) is 29.6 Å². The number of aromatic nitrogens is 4. The highest BCUT2D eigenvalue weighted by molar-refractivity contribution is 7.80. The molecule has 2 rings (SSSR count). The molecule has 0 aliphatic heterocycles. The molecule has 0 unspecified atom stereocenters. The Bertz CT molecular complexity index is 531. The summed E-state index contributed by atoms with van der Waals surface area (Å²) in [6, 6.07) is 1.69. The Kier molecular flexibility index (Phi) is 2.84. The van der Waals surface area contributed by atoms with Crippen LogP contribution < -0.4 is 5.73 Å². The molecule has 0 spiro atoms. The Morgan fingerprint density at radius 1 is 1.56 bits per heavy atom. The van der Waals surface area contributed by atoms with Crippen LogP contribution in [0.4, 0.5) is 0 Å². The number of aryl methyl sites for hydroxylation is 1. The largest absolute Gasteiger partial charge is 0.389 e. The van der Waals surface area contributed by atoms with Gasteiger partial charge in [0.25, 0.3) is 0 Å². The molecule has 7 heteroatoms. The third-order valence-electron chi connectivity index (χ3n) is 2.02. The van der Waals surface area contributed by atoms with E-state index in [2.05, 4.69) is 15.3 Å². The zero-order valence-electron chi connectivity index (χ0n) is 8.38. The molecule has 16 heavy (non-hydrogen) atoms. The van der Waals surface area contributed by atoms with E-state index in [0.717, 1.165) is 0 Å². The molecular formula is C9H8ClN5S. The topological polar surface area (TPSA) is 69.6 Å². The molecule has 0 fully saturated rings. The highest BCUT2D eigenvalue weighted by Gasteiger charge is 2.11. The second-order valence-electron chi connectivity index (χ2n) is 3.14. The van der Waals surface area contributed by atoms with Crippen LogP contribution in [-0.4, -0.2) is 25.0 Å². The van der Waals surface area contributed by atoms with Gasteiger partial charge in [-0.1, -0.05) is 23.8 Å². The molecule has 0 amide bonds. The molecule has 0 radical (unpaired) electrons. The van der Waals surface area contributed by atoms with E-state index >= 15 is 0 Å². The number of nitrogens with zero attached hydrogens (tertiary/aromatic N) is 4. The maximum absolute atomic E-state index is 5.92.